The highest BCUT2D eigenvalue weighted by Crippen LogP contribution is 2.49. The molecule has 1 saturated carbocycles. The predicted octanol–water partition coefficient (Wildman–Crippen LogP) is 3.60. The lowest BCUT2D eigenvalue weighted by Gasteiger charge is -2.42. The summed E-state index contributed by atoms with van der Waals surface area (Å²) in [4.78, 5) is 17.6. The molecule has 3 atom stereocenters. The number of nitrogens with two attached hydrogens (primary N) is 1. The molecule has 0 saturated heterocycles. The van der Waals surface area contributed by atoms with Crippen molar-refractivity contribution >= 4 is 28.5 Å². The monoisotopic (exact) mass is 440 g/mol. The molecule has 162 valence electrons. The van der Waals surface area contributed by atoms with Crippen LogP contribution >= 0.6 is 0 Å². The molecule has 8 heteroatoms. The Morgan fingerprint density at radius 1 is 1.39 bits per heavy atom. The van der Waals surface area contributed by atoms with Crippen molar-refractivity contribution in [2.75, 3.05) is 5.75 Å². The Balaban J connectivity index is 1.58. The smallest absolute Gasteiger partial charge is 0.130 e. The van der Waals surface area contributed by atoms with Gasteiger partial charge in [0.2, 0.25) is 0 Å². The van der Waals surface area contributed by atoms with E-state index in [1.165, 1.54) is 18.3 Å². The first-order valence-electron chi connectivity index (χ1n) is 10.2. The number of fused-ring (bicyclic) bond motifs is 1. The molecule has 31 heavy (non-hydrogen) atoms. The highest BCUT2D eigenvalue weighted by atomic mass is 32.2. The predicted molar refractivity (Wildman–Crippen MR) is 119 cm³/mol. The molecule has 2 aliphatic carbocycles. The van der Waals surface area contributed by atoms with Gasteiger partial charge < -0.3 is 10.5 Å². The molecule has 1 heterocycles. The number of aryl methyl sites for hydroxylation is 1. The van der Waals surface area contributed by atoms with E-state index in [0.29, 0.717) is 34.9 Å². The van der Waals surface area contributed by atoms with Gasteiger partial charge in [-0.25, -0.2) is 9.38 Å². The van der Waals surface area contributed by atoms with Crippen molar-refractivity contribution in [3.8, 4) is 0 Å². The van der Waals surface area contributed by atoms with E-state index in [2.05, 4.69) is 10.1 Å². The topological polar surface area (TPSA) is 90.3 Å². The second-order valence-corrected chi connectivity index (χ2v) is 9.75. The summed E-state index contributed by atoms with van der Waals surface area (Å²) in [5, 5.41) is 4.10. The Bertz CT molecular complexity index is 1100. The van der Waals surface area contributed by atoms with Crippen molar-refractivity contribution in [2.24, 2.45) is 29.1 Å². The van der Waals surface area contributed by atoms with E-state index in [9.17, 15) is 13.4 Å². The van der Waals surface area contributed by atoms with Gasteiger partial charge in [0.05, 0.1) is 38.7 Å². The van der Waals surface area contributed by atoms with Crippen molar-refractivity contribution < 1.29 is 13.4 Å². The summed E-state index contributed by atoms with van der Waals surface area (Å²) in [7, 11) is 0.648. The van der Waals surface area contributed by atoms with Crippen molar-refractivity contribution in [3.05, 3.63) is 65.9 Å². The quantitative estimate of drug-likeness (QED) is 0.720. The van der Waals surface area contributed by atoms with Crippen LogP contribution in [-0.4, -0.2) is 31.7 Å². The molecule has 2 N–H and O–H groups in total. The highest BCUT2D eigenvalue weighted by Gasteiger charge is 2.44. The lowest BCUT2D eigenvalue weighted by Crippen LogP contribution is -2.38. The Labute approximate surface area is 183 Å². The lowest BCUT2D eigenvalue weighted by molar-refractivity contribution is -0.115. The number of carbonyl (C=O) groups is 1. The Morgan fingerprint density at radius 2 is 2.16 bits per heavy atom. The first-order valence-corrected chi connectivity index (χ1v) is 11.5. The average molecular weight is 441 g/mol. The van der Waals surface area contributed by atoms with Gasteiger partial charge in [-0.2, -0.15) is 5.10 Å². The number of carbonyl (C=O) groups excluding carboxylic acids is 1. The van der Waals surface area contributed by atoms with E-state index < -0.39 is 16.2 Å². The van der Waals surface area contributed by atoms with E-state index in [0.717, 1.165) is 30.3 Å². The summed E-state index contributed by atoms with van der Waals surface area (Å²) in [6, 6.07) is 5.96. The maximum atomic E-state index is 13.2. The zero-order valence-corrected chi connectivity index (χ0v) is 18.1. The molecule has 4 rings (SSSR count). The van der Waals surface area contributed by atoms with Crippen LogP contribution in [0.2, 0.25) is 0 Å². The standard InChI is InChI=1S/C23H25FN4O2S/c1-28-13-21(12-26-28)31(30)14-16-2-3-18-8-22(27-20-6-4-19(24)5-7-20)17(11-25)10-23(18,9-16)15-29/h4-8,11-13,15-16H,2-3,9-10,14,25H2,1H3/b17-11-,27-22?. The molecule has 0 spiro atoms. The SMILES string of the molecule is Cn1cc(S(=O)CC2CCC3=CC(=Nc4ccc(F)cc4)/C(=C\N)CC3(C=O)C2)cn1. The van der Waals surface area contributed by atoms with Gasteiger partial charge in [-0.05, 0) is 73.7 Å². The molecule has 1 aromatic heterocycles. The number of rotatable bonds is 5. The second-order valence-electron chi connectivity index (χ2n) is 8.26. The lowest BCUT2D eigenvalue weighted by atomic mass is 9.61. The van der Waals surface area contributed by atoms with Crippen LogP contribution in [0.3, 0.4) is 0 Å². The van der Waals surface area contributed by atoms with E-state index in [1.54, 1.807) is 36.3 Å². The highest BCUT2D eigenvalue weighted by molar-refractivity contribution is 7.85. The van der Waals surface area contributed by atoms with Crippen LogP contribution in [0.1, 0.15) is 25.7 Å². The fraction of sp³-hybridized carbons (Fsp3) is 0.348. The zero-order valence-electron chi connectivity index (χ0n) is 17.3. The van der Waals surface area contributed by atoms with Crippen molar-refractivity contribution in [1.29, 1.82) is 0 Å². The third kappa shape index (κ3) is 4.44. The second kappa shape index (κ2) is 8.70. The molecule has 1 fully saturated rings. The first kappa shape index (κ1) is 21.4. The van der Waals surface area contributed by atoms with Gasteiger partial charge in [-0.1, -0.05) is 5.57 Å². The van der Waals surface area contributed by atoms with Gasteiger partial charge in [-0.3, -0.25) is 8.89 Å². The minimum Gasteiger partial charge on any atom is -0.404 e. The van der Waals surface area contributed by atoms with E-state index in [-0.39, 0.29) is 11.7 Å². The maximum Gasteiger partial charge on any atom is 0.130 e. The number of halogens is 1. The van der Waals surface area contributed by atoms with Crippen LogP contribution < -0.4 is 5.73 Å². The Kier molecular flexibility index (Phi) is 6.00. The van der Waals surface area contributed by atoms with Crippen LogP contribution in [-0.2, 0) is 22.6 Å². The number of aliphatic imine (C=N–C) groups is 1. The molecule has 2 aromatic rings. The summed E-state index contributed by atoms with van der Waals surface area (Å²) in [5.41, 5.74) is 8.42. The van der Waals surface area contributed by atoms with E-state index in [4.69, 9.17) is 5.73 Å². The number of allylic oxidation sites excluding steroid dienone is 3. The normalized spacial score (nSPS) is 27.0. The zero-order chi connectivity index (χ0) is 22.0. The van der Waals surface area contributed by atoms with Crippen molar-refractivity contribution in [2.45, 2.75) is 30.6 Å². The van der Waals surface area contributed by atoms with Crippen molar-refractivity contribution in [3.63, 3.8) is 0 Å². The first-order chi connectivity index (χ1) is 14.9. The van der Waals surface area contributed by atoms with E-state index >= 15 is 0 Å². The molecule has 2 aliphatic rings. The molecule has 0 radical (unpaired) electrons. The Hall–Kier alpha value is -2.87. The van der Waals surface area contributed by atoms with Gasteiger partial charge in [0, 0.05) is 19.0 Å². The maximum absolute atomic E-state index is 13.2. The van der Waals surface area contributed by atoms with Crippen LogP contribution in [0.25, 0.3) is 0 Å². The van der Waals surface area contributed by atoms with E-state index in [1.807, 2.05) is 6.08 Å². The van der Waals surface area contributed by atoms with Gasteiger partial charge in [0.25, 0.3) is 0 Å². The third-order valence-electron chi connectivity index (χ3n) is 6.09. The number of aromatic nitrogens is 2. The molecule has 0 aliphatic heterocycles. The molecule has 3 unspecified atom stereocenters. The number of hydrogen-bond donors (Lipinski definition) is 1. The van der Waals surface area contributed by atoms with Gasteiger partial charge in [-0.15, -0.1) is 0 Å². The largest absolute Gasteiger partial charge is 0.404 e. The minimum absolute atomic E-state index is 0.165. The molecule has 0 amide bonds. The fourth-order valence-corrected chi connectivity index (χ4v) is 5.82. The minimum atomic E-state index is -1.15. The number of hydrogen-bond acceptors (Lipinski definition) is 5. The summed E-state index contributed by atoms with van der Waals surface area (Å²) in [6.07, 6.45) is 10.6. The summed E-state index contributed by atoms with van der Waals surface area (Å²) < 4.78 is 27.6. The van der Waals surface area contributed by atoms with Crippen LogP contribution in [0.5, 0.6) is 0 Å². The molecular weight excluding hydrogens is 415 g/mol. The summed E-state index contributed by atoms with van der Waals surface area (Å²) in [5.74, 6) is 0.354. The molecular formula is C23H25FN4O2S. The van der Waals surface area contributed by atoms with Crippen molar-refractivity contribution in [1.82, 2.24) is 9.78 Å². The molecule has 6 nitrogen and oxygen atoms in total. The van der Waals surface area contributed by atoms with Crippen LogP contribution in [0.4, 0.5) is 10.1 Å². The summed E-state index contributed by atoms with van der Waals surface area (Å²) >= 11 is 0. The van der Waals surface area contributed by atoms with Gasteiger partial charge >= 0.3 is 0 Å². The van der Waals surface area contributed by atoms with Gasteiger partial charge in [0.15, 0.2) is 0 Å². The Morgan fingerprint density at radius 3 is 2.81 bits per heavy atom. The number of nitrogens with zero attached hydrogens (tertiary/aromatic N) is 3. The third-order valence-corrected chi connectivity index (χ3v) is 7.61. The fourth-order valence-electron chi connectivity index (χ4n) is 4.48. The molecule has 0 bridgehead atoms. The summed E-state index contributed by atoms with van der Waals surface area (Å²) in [6.45, 7) is 0. The van der Waals surface area contributed by atoms with Gasteiger partial charge in [0.1, 0.15) is 12.1 Å². The number of benzene rings is 1. The molecule has 1 aromatic carbocycles. The van der Waals surface area contributed by atoms with Crippen LogP contribution in [0, 0.1) is 17.2 Å². The van der Waals surface area contributed by atoms with Crippen LogP contribution in [0.15, 0.2) is 70.0 Å². The number of aldehydes is 1. The average Bonchev–Trinajstić information content (AvgIpc) is 3.21.